The molecule has 29 heavy (non-hydrogen) atoms. The monoisotopic (exact) mass is 392 g/mol. The van der Waals surface area contributed by atoms with Crippen molar-refractivity contribution in [3.63, 3.8) is 0 Å². The molecule has 1 N–H and O–H groups in total. The summed E-state index contributed by atoms with van der Waals surface area (Å²) in [4.78, 5) is 13.2. The minimum atomic E-state index is 0.731. The fraction of sp³-hybridized carbons (Fsp3) is 0.458. The number of rotatable bonds is 8. The maximum absolute atomic E-state index is 5.25. The molecule has 0 bridgehead atoms. The number of hydrogen-bond acceptors (Lipinski definition) is 4. The van der Waals surface area contributed by atoms with E-state index in [-0.39, 0.29) is 0 Å². The Morgan fingerprint density at radius 2 is 2.00 bits per heavy atom. The van der Waals surface area contributed by atoms with E-state index in [1.54, 1.807) is 7.11 Å². The van der Waals surface area contributed by atoms with Gasteiger partial charge in [-0.3, -0.25) is 4.90 Å². The molecule has 0 aliphatic carbocycles. The predicted molar refractivity (Wildman–Crippen MR) is 118 cm³/mol. The van der Waals surface area contributed by atoms with E-state index in [2.05, 4.69) is 64.3 Å². The van der Waals surface area contributed by atoms with Crippen molar-refractivity contribution in [3.8, 4) is 5.75 Å². The summed E-state index contributed by atoms with van der Waals surface area (Å²) in [5, 5.41) is 0. The van der Waals surface area contributed by atoms with Gasteiger partial charge in [0.15, 0.2) is 0 Å². The number of ether oxygens (including phenoxy) is 1. The number of imidazole rings is 1. The van der Waals surface area contributed by atoms with E-state index in [4.69, 9.17) is 9.72 Å². The molecule has 1 aliphatic rings. The van der Waals surface area contributed by atoms with Crippen LogP contribution in [0.2, 0.25) is 0 Å². The molecule has 4 rings (SSSR count). The normalized spacial score (nSPS) is 17.8. The molecule has 0 amide bonds. The molecule has 2 aromatic carbocycles. The first-order valence-electron chi connectivity index (χ1n) is 10.7. The van der Waals surface area contributed by atoms with Crippen molar-refractivity contribution in [3.05, 3.63) is 59.9 Å². The highest BCUT2D eigenvalue weighted by molar-refractivity contribution is 5.74. The molecule has 2 heterocycles. The van der Waals surface area contributed by atoms with Gasteiger partial charge in [0, 0.05) is 19.6 Å². The van der Waals surface area contributed by atoms with Crippen LogP contribution < -0.4 is 4.74 Å². The van der Waals surface area contributed by atoms with E-state index >= 15 is 0 Å². The standard InChI is InChI=1S/C24H32N4O/c1-27(18-24-25-22-7-3-4-8-23(22)26-24)16-20-6-5-14-28(17-20)15-13-19-9-11-21(29-2)12-10-19/h3-4,7-12,20H,5-6,13-18H2,1-2H3,(H,25,26)/t20-/m0/s1. The number of aromatic nitrogens is 2. The Hall–Kier alpha value is -2.37. The van der Waals surface area contributed by atoms with Gasteiger partial charge < -0.3 is 14.6 Å². The first-order chi connectivity index (χ1) is 14.2. The Kier molecular flexibility index (Phi) is 6.47. The number of nitrogens with one attached hydrogen (secondary N) is 1. The van der Waals surface area contributed by atoms with Gasteiger partial charge in [-0.25, -0.2) is 4.98 Å². The molecule has 1 saturated heterocycles. The lowest BCUT2D eigenvalue weighted by Crippen LogP contribution is -2.40. The van der Waals surface area contributed by atoms with Gasteiger partial charge in [-0.2, -0.15) is 0 Å². The molecule has 0 spiro atoms. The largest absolute Gasteiger partial charge is 0.497 e. The number of methoxy groups -OCH3 is 1. The predicted octanol–water partition coefficient (Wildman–Crippen LogP) is 3.96. The highest BCUT2D eigenvalue weighted by Gasteiger charge is 2.21. The van der Waals surface area contributed by atoms with Gasteiger partial charge in [-0.1, -0.05) is 24.3 Å². The number of H-pyrrole nitrogens is 1. The third kappa shape index (κ3) is 5.37. The van der Waals surface area contributed by atoms with Gasteiger partial charge in [-0.05, 0) is 68.6 Å². The third-order valence-corrected chi connectivity index (χ3v) is 5.91. The van der Waals surface area contributed by atoms with Crippen LogP contribution in [0.3, 0.4) is 0 Å². The quantitative estimate of drug-likeness (QED) is 0.630. The summed E-state index contributed by atoms with van der Waals surface area (Å²) < 4.78 is 5.25. The van der Waals surface area contributed by atoms with Gasteiger partial charge in [-0.15, -0.1) is 0 Å². The Labute approximate surface area is 173 Å². The van der Waals surface area contributed by atoms with Gasteiger partial charge in [0.2, 0.25) is 0 Å². The molecule has 0 radical (unpaired) electrons. The fourth-order valence-electron chi connectivity index (χ4n) is 4.42. The third-order valence-electron chi connectivity index (χ3n) is 5.91. The minimum Gasteiger partial charge on any atom is -0.497 e. The number of piperidine rings is 1. The van der Waals surface area contributed by atoms with Crippen LogP contribution in [0.15, 0.2) is 48.5 Å². The van der Waals surface area contributed by atoms with Crippen LogP contribution in [0.25, 0.3) is 11.0 Å². The van der Waals surface area contributed by atoms with Gasteiger partial charge in [0.05, 0.1) is 24.7 Å². The fourth-order valence-corrected chi connectivity index (χ4v) is 4.42. The number of para-hydroxylation sites is 2. The first kappa shape index (κ1) is 19.9. The summed E-state index contributed by atoms with van der Waals surface area (Å²) in [6.45, 7) is 5.55. The minimum absolute atomic E-state index is 0.731. The van der Waals surface area contributed by atoms with Crippen LogP contribution in [0, 0.1) is 5.92 Å². The summed E-state index contributed by atoms with van der Waals surface area (Å²) >= 11 is 0. The lowest BCUT2D eigenvalue weighted by atomic mass is 9.97. The smallest absolute Gasteiger partial charge is 0.121 e. The van der Waals surface area contributed by atoms with Crippen LogP contribution in [-0.2, 0) is 13.0 Å². The highest BCUT2D eigenvalue weighted by atomic mass is 16.5. The van der Waals surface area contributed by atoms with E-state index in [9.17, 15) is 0 Å². The number of nitrogens with zero attached hydrogens (tertiary/aromatic N) is 3. The zero-order valence-electron chi connectivity index (χ0n) is 17.6. The average Bonchev–Trinajstić information content (AvgIpc) is 3.15. The first-order valence-corrected chi connectivity index (χ1v) is 10.7. The Morgan fingerprint density at radius 1 is 1.17 bits per heavy atom. The van der Waals surface area contributed by atoms with E-state index in [0.29, 0.717) is 0 Å². The number of benzene rings is 2. The van der Waals surface area contributed by atoms with Crippen LogP contribution in [0.1, 0.15) is 24.2 Å². The van der Waals surface area contributed by atoms with Gasteiger partial charge >= 0.3 is 0 Å². The molecule has 1 aromatic heterocycles. The maximum atomic E-state index is 5.25. The van der Waals surface area contributed by atoms with Crippen LogP contribution in [0.4, 0.5) is 0 Å². The van der Waals surface area contributed by atoms with Crippen molar-refractivity contribution >= 4 is 11.0 Å². The Morgan fingerprint density at radius 3 is 2.79 bits per heavy atom. The summed E-state index contributed by atoms with van der Waals surface area (Å²) in [5.41, 5.74) is 3.56. The van der Waals surface area contributed by atoms with Crippen molar-refractivity contribution in [2.45, 2.75) is 25.8 Å². The van der Waals surface area contributed by atoms with Gasteiger partial charge in [0.25, 0.3) is 0 Å². The Balaban J connectivity index is 1.25. The summed E-state index contributed by atoms with van der Waals surface area (Å²) in [6.07, 6.45) is 3.72. The van der Waals surface area contributed by atoms with Crippen LogP contribution >= 0.6 is 0 Å². The van der Waals surface area contributed by atoms with Crippen LogP contribution in [-0.4, -0.2) is 60.1 Å². The van der Waals surface area contributed by atoms with E-state index in [0.717, 1.165) is 54.6 Å². The molecule has 1 fully saturated rings. The summed E-state index contributed by atoms with van der Waals surface area (Å²) in [7, 11) is 3.93. The second kappa shape index (κ2) is 9.42. The van der Waals surface area contributed by atoms with Crippen LogP contribution in [0.5, 0.6) is 5.75 Å². The molecule has 1 atom stereocenters. The highest BCUT2D eigenvalue weighted by Crippen LogP contribution is 2.19. The molecular formula is C24H32N4O. The van der Waals surface area contributed by atoms with Crippen molar-refractivity contribution in [1.82, 2.24) is 19.8 Å². The second-order valence-electron chi connectivity index (χ2n) is 8.30. The SMILES string of the molecule is COc1ccc(CCN2CCC[C@@H](CN(C)Cc3nc4ccccc4[nH]3)C2)cc1. The molecule has 1 aliphatic heterocycles. The molecule has 0 saturated carbocycles. The topological polar surface area (TPSA) is 44.4 Å². The zero-order valence-corrected chi connectivity index (χ0v) is 17.6. The van der Waals surface area contributed by atoms with Crippen molar-refractivity contribution in [2.75, 3.05) is 40.3 Å². The second-order valence-corrected chi connectivity index (χ2v) is 8.30. The van der Waals surface area contributed by atoms with E-state index < -0.39 is 0 Å². The van der Waals surface area contributed by atoms with Crippen molar-refractivity contribution in [1.29, 1.82) is 0 Å². The molecule has 5 heteroatoms. The van der Waals surface area contributed by atoms with E-state index in [1.165, 1.54) is 31.5 Å². The number of aromatic amines is 1. The van der Waals surface area contributed by atoms with Gasteiger partial charge in [0.1, 0.15) is 11.6 Å². The number of likely N-dealkylation sites (tertiary alicyclic amines) is 1. The Bertz CT molecular complexity index is 872. The molecular weight excluding hydrogens is 360 g/mol. The zero-order chi connectivity index (χ0) is 20.1. The van der Waals surface area contributed by atoms with E-state index in [1.807, 2.05) is 6.07 Å². The lowest BCUT2D eigenvalue weighted by molar-refractivity contribution is 0.141. The lowest BCUT2D eigenvalue weighted by Gasteiger charge is -2.34. The summed E-state index contributed by atoms with van der Waals surface area (Å²) in [6, 6.07) is 16.7. The average molecular weight is 393 g/mol. The molecule has 5 nitrogen and oxygen atoms in total. The number of fused-ring (bicyclic) bond motifs is 1. The maximum Gasteiger partial charge on any atom is 0.121 e. The van der Waals surface area contributed by atoms with Crippen molar-refractivity contribution < 1.29 is 4.74 Å². The molecule has 3 aromatic rings. The number of hydrogen-bond donors (Lipinski definition) is 1. The van der Waals surface area contributed by atoms with Crippen molar-refractivity contribution in [2.24, 2.45) is 5.92 Å². The molecule has 154 valence electrons. The molecule has 0 unspecified atom stereocenters. The summed E-state index contributed by atoms with van der Waals surface area (Å²) in [5.74, 6) is 2.72.